The second kappa shape index (κ2) is 8.22. The molecule has 0 saturated carbocycles. The van der Waals surface area contributed by atoms with Crippen molar-refractivity contribution in [3.8, 4) is 11.5 Å². The SMILES string of the molecule is CC[C@@H](NC(=O)COc1ccccc1C)c1ccc(OC)cc1. The fourth-order valence-corrected chi connectivity index (χ4v) is 2.35. The van der Waals surface area contributed by atoms with Gasteiger partial charge in [0.1, 0.15) is 11.5 Å². The van der Waals surface area contributed by atoms with E-state index in [4.69, 9.17) is 9.47 Å². The highest BCUT2D eigenvalue weighted by molar-refractivity contribution is 5.78. The first-order valence-corrected chi connectivity index (χ1v) is 7.75. The molecule has 0 fully saturated rings. The van der Waals surface area contributed by atoms with Gasteiger partial charge in [0.2, 0.25) is 0 Å². The van der Waals surface area contributed by atoms with Crippen LogP contribution < -0.4 is 14.8 Å². The third-order valence-corrected chi connectivity index (χ3v) is 3.71. The van der Waals surface area contributed by atoms with Crippen LogP contribution >= 0.6 is 0 Å². The van der Waals surface area contributed by atoms with Crippen LogP contribution in [0.1, 0.15) is 30.5 Å². The van der Waals surface area contributed by atoms with E-state index in [0.29, 0.717) is 0 Å². The van der Waals surface area contributed by atoms with Crippen molar-refractivity contribution in [3.63, 3.8) is 0 Å². The highest BCUT2D eigenvalue weighted by atomic mass is 16.5. The lowest BCUT2D eigenvalue weighted by molar-refractivity contribution is -0.123. The maximum Gasteiger partial charge on any atom is 0.258 e. The van der Waals surface area contributed by atoms with Gasteiger partial charge in [-0.25, -0.2) is 0 Å². The van der Waals surface area contributed by atoms with E-state index in [0.717, 1.165) is 29.0 Å². The van der Waals surface area contributed by atoms with Gasteiger partial charge in [0.15, 0.2) is 6.61 Å². The number of amides is 1. The summed E-state index contributed by atoms with van der Waals surface area (Å²) >= 11 is 0. The fraction of sp³-hybridized carbons (Fsp3) is 0.316. The Balaban J connectivity index is 1.92. The van der Waals surface area contributed by atoms with E-state index in [1.165, 1.54) is 0 Å². The predicted octanol–water partition coefficient (Wildman–Crippen LogP) is 3.65. The van der Waals surface area contributed by atoms with E-state index in [1.807, 2.05) is 62.4 Å². The summed E-state index contributed by atoms with van der Waals surface area (Å²) in [4.78, 5) is 12.1. The number of carbonyl (C=O) groups excluding carboxylic acids is 1. The first-order chi connectivity index (χ1) is 11.1. The molecule has 1 N–H and O–H groups in total. The van der Waals surface area contributed by atoms with Gasteiger partial charge in [-0.05, 0) is 42.7 Å². The maximum atomic E-state index is 12.1. The number of aryl methyl sites for hydroxylation is 1. The molecule has 0 aliphatic heterocycles. The van der Waals surface area contributed by atoms with Crippen LogP contribution in [0.3, 0.4) is 0 Å². The number of methoxy groups -OCH3 is 1. The molecular formula is C19H23NO3. The van der Waals surface area contributed by atoms with Gasteiger partial charge >= 0.3 is 0 Å². The van der Waals surface area contributed by atoms with Crippen LogP contribution in [0.4, 0.5) is 0 Å². The van der Waals surface area contributed by atoms with Crippen LogP contribution in [0.15, 0.2) is 48.5 Å². The van der Waals surface area contributed by atoms with Gasteiger partial charge in [0.25, 0.3) is 5.91 Å². The molecule has 23 heavy (non-hydrogen) atoms. The quantitative estimate of drug-likeness (QED) is 0.849. The first-order valence-electron chi connectivity index (χ1n) is 7.75. The number of nitrogens with one attached hydrogen (secondary N) is 1. The molecule has 4 nitrogen and oxygen atoms in total. The van der Waals surface area contributed by atoms with Crippen molar-refractivity contribution in [3.05, 3.63) is 59.7 Å². The Bertz CT molecular complexity index is 637. The lowest BCUT2D eigenvalue weighted by Crippen LogP contribution is -2.32. The van der Waals surface area contributed by atoms with E-state index in [1.54, 1.807) is 7.11 Å². The predicted molar refractivity (Wildman–Crippen MR) is 90.8 cm³/mol. The topological polar surface area (TPSA) is 47.6 Å². The molecule has 0 aromatic heterocycles. The van der Waals surface area contributed by atoms with Crippen LogP contribution in [-0.4, -0.2) is 19.6 Å². The third-order valence-electron chi connectivity index (χ3n) is 3.71. The Kier molecular flexibility index (Phi) is 6.03. The van der Waals surface area contributed by atoms with E-state index >= 15 is 0 Å². The smallest absolute Gasteiger partial charge is 0.258 e. The number of benzene rings is 2. The summed E-state index contributed by atoms with van der Waals surface area (Å²) in [6, 6.07) is 15.4. The van der Waals surface area contributed by atoms with E-state index in [9.17, 15) is 4.79 Å². The summed E-state index contributed by atoms with van der Waals surface area (Å²) < 4.78 is 10.7. The minimum absolute atomic E-state index is 0.0114. The molecule has 0 spiro atoms. The van der Waals surface area contributed by atoms with Gasteiger partial charge in [-0.1, -0.05) is 37.3 Å². The molecule has 0 heterocycles. The summed E-state index contributed by atoms with van der Waals surface area (Å²) in [5.41, 5.74) is 2.07. The summed E-state index contributed by atoms with van der Waals surface area (Å²) in [7, 11) is 1.64. The van der Waals surface area contributed by atoms with Crippen LogP contribution in [0.5, 0.6) is 11.5 Å². The number of para-hydroxylation sites is 1. The van der Waals surface area contributed by atoms with Crippen LogP contribution in [0, 0.1) is 6.92 Å². The minimum Gasteiger partial charge on any atom is -0.497 e. The van der Waals surface area contributed by atoms with Gasteiger partial charge < -0.3 is 14.8 Å². The largest absolute Gasteiger partial charge is 0.497 e. The molecule has 2 rings (SSSR count). The lowest BCUT2D eigenvalue weighted by Gasteiger charge is -2.18. The van der Waals surface area contributed by atoms with Crippen molar-refractivity contribution in [1.82, 2.24) is 5.32 Å². The van der Waals surface area contributed by atoms with Crippen LogP contribution in [-0.2, 0) is 4.79 Å². The maximum absolute atomic E-state index is 12.1. The molecule has 2 aromatic carbocycles. The molecule has 0 unspecified atom stereocenters. The van der Waals surface area contributed by atoms with Gasteiger partial charge in [0, 0.05) is 0 Å². The van der Waals surface area contributed by atoms with Crippen molar-refractivity contribution >= 4 is 5.91 Å². The molecule has 122 valence electrons. The second-order valence-corrected chi connectivity index (χ2v) is 5.36. The third kappa shape index (κ3) is 4.74. The number of carbonyl (C=O) groups is 1. The highest BCUT2D eigenvalue weighted by Crippen LogP contribution is 2.20. The Morgan fingerprint density at radius 3 is 2.43 bits per heavy atom. The molecule has 4 heteroatoms. The molecule has 2 aromatic rings. The average molecular weight is 313 g/mol. The second-order valence-electron chi connectivity index (χ2n) is 5.36. The van der Waals surface area contributed by atoms with Crippen molar-refractivity contribution in [2.24, 2.45) is 0 Å². The fourth-order valence-electron chi connectivity index (χ4n) is 2.35. The van der Waals surface area contributed by atoms with E-state index in [2.05, 4.69) is 5.32 Å². The Labute approximate surface area is 137 Å². The zero-order valence-electron chi connectivity index (χ0n) is 13.8. The number of hydrogen-bond donors (Lipinski definition) is 1. The van der Waals surface area contributed by atoms with E-state index < -0.39 is 0 Å². The van der Waals surface area contributed by atoms with Gasteiger partial charge in [-0.2, -0.15) is 0 Å². The van der Waals surface area contributed by atoms with Crippen molar-refractivity contribution in [1.29, 1.82) is 0 Å². The van der Waals surface area contributed by atoms with Gasteiger partial charge in [-0.3, -0.25) is 4.79 Å². The monoisotopic (exact) mass is 313 g/mol. The minimum atomic E-state index is -0.129. The van der Waals surface area contributed by atoms with Gasteiger partial charge in [-0.15, -0.1) is 0 Å². The van der Waals surface area contributed by atoms with Crippen molar-refractivity contribution < 1.29 is 14.3 Å². The average Bonchev–Trinajstić information content (AvgIpc) is 2.59. The zero-order chi connectivity index (χ0) is 16.7. The molecule has 1 atom stereocenters. The molecule has 0 aliphatic rings. The standard InChI is InChI=1S/C19H23NO3/c1-4-17(15-9-11-16(22-3)12-10-15)20-19(21)13-23-18-8-6-5-7-14(18)2/h5-12,17H,4,13H2,1-3H3,(H,20,21)/t17-/m1/s1. The molecular weight excluding hydrogens is 290 g/mol. The summed E-state index contributed by atoms with van der Waals surface area (Å²) in [6.45, 7) is 4.01. The van der Waals surface area contributed by atoms with Crippen LogP contribution in [0.2, 0.25) is 0 Å². The Morgan fingerprint density at radius 2 is 1.83 bits per heavy atom. The Hall–Kier alpha value is -2.49. The zero-order valence-corrected chi connectivity index (χ0v) is 13.8. The normalized spacial score (nSPS) is 11.6. The van der Waals surface area contributed by atoms with Crippen LogP contribution in [0.25, 0.3) is 0 Å². The number of ether oxygens (including phenoxy) is 2. The molecule has 0 radical (unpaired) electrons. The summed E-state index contributed by atoms with van der Waals surface area (Å²) in [6.07, 6.45) is 0.808. The van der Waals surface area contributed by atoms with E-state index in [-0.39, 0.29) is 18.6 Å². The first kappa shape index (κ1) is 16.9. The molecule has 0 saturated heterocycles. The number of rotatable bonds is 7. The van der Waals surface area contributed by atoms with Crippen molar-refractivity contribution in [2.45, 2.75) is 26.3 Å². The highest BCUT2D eigenvalue weighted by Gasteiger charge is 2.13. The molecule has 0 aliphatic carbocycles. The summed E-state index contributed by atoms with van der Waals surface area (Å²) in [5, 5.41) is 3.01. The molecule has 0 bridgehead atoms. The van der Waals surface area contributed by atoms with Crippen molar-refractivity contribution in [2.75, 3.05) is 13.7 Å². The number of hydrogen-bond acceptors (Lipinski definition) is 3. The summed E-state index contributed by atoms with van der Waals surface area (Å²) in [5.74, 6) is 1.41. The molecule has 1 amide bonds. The lowest BCUT2D eigenvalue weighted by atomic mass is 10.0. The van der Waals surface area contributed by atoms with Gasteiger partial charge in [0.05, 0.1) is 13.2 Å². The Morgan fingerprint density at radius 1 is 1.13 bits per heavy atom.